The fourth-order valence-electron chi connectivity index (χ4n) is 3.79. The maximum absolute atomic E-state index is 11.8. The summed E-state index contributed by atoms with van der Waals surface area (Å²) in [5.41, 5.74) is 0. The molecular formula is C27H51NO6. The van der Waals surface area contributed by atoms with Gasteiger partial charge < -0.3 is 19.9 Å². The molecule has 0 radical (unpaired) electrons. The normalized spacial score (nSPS) is 12.7. The van der Waals surface area contributed by atoms with E-state index in [1.54, 1.807) is 0 Å². The van der Waals surface area contributed by atoms with Crippen molar-refractivity contribution in [3.63, 3.8) is 0 Å². The van der Waals surface area contributed by atoms with Crippen molar-refractivity contribution in [2.24, 2.45) is 0 Å². The van der Waals surface area contributed by atoms with Gasteiger partial charge in [-0.25, -0.2) is 4.79 Å². The monoisotopic (exact) mass is 485 g/mol. The van der Waals surface area contributed by atoms with E-state index in [1.165, 1.54) is 97.3 Å². The van der Waals surface area contributed by atoms with Crippen molar-refractivity contribution in [2.75, 3.05) is 13.2 Å². The molecular weight excluding hydrogens is 434 g/mol. The van der Waals surface area contributed by atoms with E-state index in [4.69, 9.17) is 9.47 Å². The lowest BCUT2D eigenvalue weighted by Gasteiger charge is -2.15. The van der Waals surface area contributed by atoms with Gasteiger partial charge in [0.25, 0.3) is 0 Å². The van der Waals surface area contributed by atoms with Crippen LogP contribution in [-0.4, -0.2) is 48.3 Å². The number of aliphatic hydroxyl groups is 1. The van der Waals surface area contributed by atoms with Gasteiger partial charge >= 0.3 is 11.9 Å². The van der Waals surface area contributed by atoms with Gasteiger partial charge in [0.1, 0.15) is 25.4 Å². The van der Waals surface area contributed by atoms with Crippen LogP contribution in [0.1, 0.15) is 130 Å². The Labute approximate surface area is 207 Å². The zero-order chi connectivity index (χ0) is 25.4. The number of hydrogen-bond donors (Lipinski definition) is 2. The molecule has 0 fully saturated rings. The highest BCUT2D eigenvalue weighted by Crippen LogP contribution is 2.14. The van der Waals surface area contributed by atoms with Gasteiger partial charge in [-0.3, -0.25) is 9.59 Å². The fourth-order valence-corrected chi connectivity index (χ4v) is 3.79. The summed E-state index contributed by atoms with van der Waals surface area (Å²) in [4.78, 5) is 34.3. The smallest absolute Gasteiger partial charge is 0.328 e. The van der Waals surface area contributed by atoms with Crippen LogP contribution in [0.15, 0.2) is 0 Å². The number of amides is 1. The zero-order valence-corrected chi connectivity index (χ0v) is 22.1. The molecule has 0 aliphatic rings. The van der Waals surface area contributed by atoms with E-state index in [1.807, 2.05) is 0 Å². The van der Waals surface area contributed by atoms with Gasteiger partial charge in [0, 0.05) is 13.3 Å². The predicted octanol–water partition coefficient (Wildman–Crippen LogP) is 5.61. The number of ether oxygens (including phenoxy) is 2. The first kappa shape index (κ1) is 32.4. The minimum Gasteiger partial charge on any atom is -0.463 e. The number of esters is 2. The van der Waals surface area contributed by atoms with Gasteiger partial charge in [-0.05, 0) is 13.3 Å². The van der Waals surface area contributed by atoms with Crippen LogP contribution in [0.25, 0.3) is 0 Å². The number of carbonyl (C=O) groups excluding carboxylic acids is 3. The molecule has 0 saturated carbocycles. The Morgan fingerprint density at radius 3 is 1.56 bits per heavy atom. The van der Waals surface area contributed by atoms with Gasteiger partial charge in [-0.2, -0.15) is 0 Å². The molecule has 0 aromatic rings. The third kappa shape index (κ3) is 22.2. The quantitative estimate of drug-likeness (QED) is 0.144. The van der Waals surface area contributed by atoms with E-state index in [2.05, 4.69) is 12.2 Å². The second-order valence-electron chi connectivity index (χ2n) is 9.44. The minimum absolute atomic E-state index is 0.209. The van der Waals surface area contributed by atoms with Gasteiger partial charge in [0.15, 0.2) is 0 Å². The molecule has 200 valence electrons. The van der Waals surface area contributed by atoms with E-state index in [-0.39, 0.29) is 25.1 Å². The lowest BCUT2D eigenvalue weighted by atomic mass is 10.0. The molecule has 1 unspecified atom stereocenters. The SMILES string of the molecule is CCCCCCCCCCCCCCCCCCC(=O)OCC(O)COC(=O)[C@H](C)NC(C)=O. The molecule has 0 aliphatic carbocycles. The van der Waals surface area contributed by atoms with Crippen molar-refractivity contribution in [1.82, 2.24) is 5.32 Å². The molecule has 0 heterocycles. The Morgan fingerprint density at radius 1 is 0.706 bits per heavy atom. The first-order valence-electron chi connectivity index (χ1n) is 13.6. The van der Waals surface area contributed by atoms with Gasteiger partial charge in [-0.1, -0.05) is 103 Å². The molecule has 0 saturated heterocycles. The molecule has 1 amide bonds. The van der Waals surface area contributed by atoms with Crippen molar-refractivity contribution >= 4 is 17.8 Å². The standard InChI is InChI=1S/C27H51NO6/c1-4-5-6-7-8-9-10-11-12-13-14-15-16-17-18-19-20-26(31)33-21-25(30)22-34-27(32)23(2)28-24(3)29/h23,25,30H,4-22H2,1-3H3,(H,28,29)/t23-,25?/m0/s1. The number of unbranched alkanes of at least 4 members (excludes halogenated alkanes) is 15. The van der Waals surface area contributed by atoms with Crippen molar-refractivity contribution in [3.05, 3.63) is 0 Å². The molecule has 0 rings (SSSR count). The highest BCUT2D eigenvalue weighted by atomic mass is 16.6. The summed E-state index contributed by atoms with van der Waals surface area (Å²) in [6.45, 7) is 4.57. The first-order valence-corrected chi connectivity index (χ1v) is 13.6. The van der Waals surface area contributed by atoms with E-state index < -0.39 is 18.1 Å². The molecule has 7 nitrogen and oxygen atoms in total. The maximum atomic E-state index is 11.8. The molecule has 34 heavy (non-hydrogen) atoms. The lowest BCUT2D eigenvalue weighted by Crippen LogP contribution is -2.39. The van der Waals surface area contributed by atoms with Crippen molar-refractivity contribution < 1.29 is 29.0 Å². The second-order valence-corrected chi connectivity index (χ2v) is 9.44. The molecule has 2 N–H and O–H groups in total. The molecule has 0 aromatic heterocycles. The third-order valence-electron chi connectivity index (χ3n) is 5.86. The lowest BCUT2D eigenvalue weighted by molar-refractivity contribution is -0.154. The molecule has 7 heteroatoms. The Kier molecular flexibility index (Phi) is 22.0. The Balaban J connectivity index is 3.43. The summed E-state index contributed by atoms with van der Waals surface area (Å²) in [6.07, 6.45) is 19.8. The number of carbonyl (C=O) groups is 3. The highest BCUT2D eigenvalue weighted by molar-refractivity contribution is 5.82. The molecule has 0 aromatic carbocycles. The van der Waals surface area contributed by atoms with Gasteiger partial charge in [0.05, 0.1) is 0 Å². The Hall–Kier alpha value is -1.63. The van der Waals surface area contributed by atoms with E-state index in [0.717, 1.165) is 19.3 Å². The van der Waals surface area contributed by atoms with E-state index >= 15 is 0 Å². The van der Waals surface area contributed by atoms with Gasteiger partial charge in [0.2, 0.25) is 5.91 Å². The van der Waals surface area contributed by atoms with Crippen LogP contribution >= 0.6 is 0 Å². The van der Waals surface area contributed by atoms with Crippen LogP contribution < -0.4 is 5.32 Å². The number of nitrogens with one attached hydrogen (secondary N) is 1. The molecule has 0 spiro atoms. The van der Waals surface area contributed by atoms with Crippen LogP contribution in [-0.2, 0) is 23.9 Å². The van der Waals surface area contributed by atoms with E-state index in [9.17, 15) is 19.5 Å². The Morgan fingerprint density at radius 2 is 1.12 bits per heavy atom. The Bertz CT molecular complexity index is 525. The summed E-state index contributed by atoms with van der Waals surface area (Å²) in [7, 11) is 0. The van der Waals surface area contributed by atoms with Crippen LogP contribution in [0, 0.1) is 0 Å². The van der Waals surface area contributed by atoms with Crippen LogP contribution in [0.4, 0.5) is 0 Å². The van der Waals surface area contributed by atoms with Crippen molar-refractivity contribution in [2.45, 2.75) is 142 Å². The number of hydrogen-bond acceptors (Lipinski definition) is 6. The molecule has 2 atom stereocenters. The summed E-state index contributed by atoms with van der Waals surface area (Å²) in [5.74, 6) is -1.33. The van der Waals surface area contributed by atoms with Crippen molar-refractivity contribution in [1.29, 1.82) is 0 Å². The first-order chi connectivity index (χ1) is 16.4. The maximum Gasteiger partial charge on any atom is 0.328 e. The average molecular weight is 486 g/mol. The predicted molar refractivity (Wildman–Crippen MR) is 135 cm³/mol. The number of aliphatic hydroxyl groups excluding tert-OH is 1. The fraction of sp³-hybridized carbons (Fsp3) is 0.889. The molecule has 0 bridgehead atoms. The largest absolute Gasteiger partial charge is 0.463 e. The third-order valence-corrected chi connectivity index (χ3v) is 5.86. The topological polar surface area (TPSA) is 102 Å². The molecule has 0 aliphatic heterocycles. The minimum atomic E-state index is -1.08. The highest BCUT2D eigenvalue weighted by Gasteiger charge is 2.17. The van der Waals surface area contributed by atoms with Crippen molar-refractivity contribution in [3.8, 4) is 0 Å². The summed E-state index contributed by atoms with van der Waals surface area (Å²) in [6, 6.07) is -0.790. The van der Waals surface area contributed by atoms with E-state index in [0.29, 0.717) is 6.42 Å². The van der Waals surface area contributed by atoms with Crippen LogP contribution in [0.5, 0.6) is 0 Å². The van der Waals surface area contributed by atoms with Crippen LogP contribution in [0.3, 0.4) is 0 Å². The number of rotatable bonds is 23. The van der Waals surface area contributed by atoms with Gasteiger partial charge in [-0.15, -0.1) is 0 Å². The van der Waals surface area contributed by atoms with Crippen LogP contribution in [0.2, 0.25) is 0 Å². The summed E-state index contributed by atoms with van der Waals surface area (Å²) < 4.78 is 9.93. The second kappa shape index (κ2) is 23.1. The summed E-state index contributed by atoms with van der Waals surface area (Å²) >= 11 is 0. The zero-order valence-electron chi connectivity index (χ0n) is 22.1. The summed E-state index contributed by atoms with van der Waals surface area (Å²) in [5, 5.41) is 12.2. The average Bonchev–Trinajstić information content (AvgIpc) is 2.80.